The van der Waals surface area contributed by atoms with E-state index in [0.717, 1.165) is 12.1 Å². The Kier molecular flexibility index (Phi) is 4.64. The van der Waals surface area contributed by atoms with Crippen LogP contribution < -0.4 is 5.32 Å². The molecule has 0 aromatic carbocycles. The van der Waals surface area contributed by atoms with E-state index in [9.17, 15) is 13.2 Å². The Balaban J connectivity index is 2.96. The van der Waals surface area contributed by atoms with Crippen molar-refractivity contribution in [3.8, 4) is 6.07 Å². The van der Waals surface area contributed by atoms with Gasteiger partial charge in [0.2, 0.25) is 0 Å². The summed E-state index contributed by atoms with van der Waals surface area (Å²) < 4.78 is 37.9. The van der Waals surface area contributed by atoms with Crippen LogP contribution in [0, 0.1) is 22.7 Å². The van der Waals surface area contributed by atoms with Gasteiger partial charge in [-0.2, -0.15) is 18.4 Å². The van der Waals surface area contributed by atoms with Crippen molar-refractivity contribution < 1.29 is 13.2 Å². The molecule has 0 radical (unpaired) electrons. The number of alkyl halides is 3. The summed E-state index contributed by atoms with van der Waals surface area (Å²) in [5.74, 6) is 0.198. The highest BCUT2D eigenvalue weighted by Gasteiger charge is 2.33. The van der Waals surface area contributed by atoms with Gasteiger partial charge in [-0.25, -0.2) is 4.98 Å². The Bertz CT molecular complexity index is 510. The van der Waals surface area contributed by atoms with E-state index in [2.05, 4.69) is 10.3 Å². The number of halogens is 3. The monoisotopic (exact) mass is 285 g/mol. The number of nitrogens with one attached hydrogen (secondary N) is 1. The predicted molar refractivity (Wildman–Crippen MR) is 71.1 cm³/mol. The zero-order chi connectivity index (χ0) is 15.6. The van der Waals surface area contributed by atoms with Crippen molar-refractivity contribution in [2.45, 2.75) is 33.9 Å². The maximum atomic E-state index is 12.6. The zero-order valence-corrected chi connectivity index (χ0v) is 12.0. The molecule has 0 saturated heterocycles. The molecule has 110 valence electrons. The average molecular weight is 285 g/mol. The molecule has 0 aliphatic rings. The second kappa shape index (κ2) is 5.70. The first-order valence-corrected chi connectivity index (χ1v) is 6.28. The third-order valence-electron chi connectivity index (χ3n) is 3.36. The van der Waals surface area contributed by atoms with Gasteiger partial charge < -0.3 is 5.32 Å². The van der Waals surface area contributed by atoms with Crippen LogP contribution in [0.5, 0.6) is 0 Å². The predicted octanol–water partition coefficient (Wildman–Crippen LogP) is 4.07. The Morgan fingerprint density at radius 3 is 2.35 bits per heavy atom. The summed E-state index contributed by atoms with van der Waals surface area (Å²) >= 11 is 0. The lowest BCUT2D eigenvalue weighted by atomic mass is 9.82. The maximum Gasteiger partial charge on any atom is 0.433 e. The smallest absolute Gasteiger partial charge is 0.369 e. The van der Waals surface area contributed by atoms with Crippen LogP contribution in [0.4, 0.5) is 19.0 Å². The Hall–Kier alpha value is -1.77. The molecule has 1 rings (SSSR count). The molecular formula is C14H18F3N3. The average Bonchev–Trinajstić information content (AvgIpc) is 2.33. The summed E-state index contributed by atoms with van der Waals surface area (Å²) in [6.45, 7) is 8.58. The fourth-order valence-corrected chi connectivity index (χ4v) is 1.40. The summed E-state index contributed by atoms with van der Waals surface area (Å²) in [6, 6.07) is 3.80. The number of pyridine rings is 1. The molecule has 1 N–H and O–H groups in total. The molecule has 0 aliphatic heterocycles. The van der Waals surface area contributed by atoms with Crippen molar-refractivity contribution in [1.82, 2.24) is 4.98 Å². The standard InChI is InChI=1S/C14H18F3N3/c1-9(13(2,3)4)8-19-12-10(7-18)5-6-11(20-12)14(15,16)17/h5-6,9H,8H2,1-4H3,(H,19,20). The molecule has 0 saturated carbocycles. The van der Waals surface area contributed by atoms with Crippen LogP contribution in [0.1, 0.15) is 39.0 Å². The van der Waals surface area contributed by atoms with Gasteiger partial charge in [0.05, 0.1) is 5.56 Å². The summed E-state index contributed by atoms with van der Waals surface area (Å²) in [6.07, 6.45) is -4.51. The minimum Gasteiger partial charge on any atom is -0.369 e. The number of aromatic nitrogens is 1. The molecule has 0 aliphatic carbocycles. The van der Waals surface area contributed by atoms with Gasteiger partial charge >= 0.3 is 6.18 Å². The van der Waals surface area contributed by atoms with Gasteiger partial charge in [0, 0.05) is 6.54 Å². The molecule has 1 heterocycles. The van der Waals surface area contributed by atoms with E-state index in [1.165, 1.54) is 0 Å². The van der Waals surface area contributed by atoms with E-state index in [0.29, 0.717) is 6.54 Å². The van der Waals surface area contributed by atoms with Crippen LogP contribution in [-0.4, -0.2) is 11.5 Å². The highest BCUT2D eigenvalue weighted by molar-refractivity contribution is 5.52. The Morgan fingerprint density at radius 2 is 1.90 bits per heavy atom. The van der Waals surface area contributed by atoms with Gasteiger partial charge in [0.25, 0.3) is 0 Å². The summed E-state index contributed by atoms with van der Waals surface area (Å²) in [7, 11) is 0. The third kappa shape index (κ3) is 4.12. The normalized spacial score (nSPS) is 13.7. The number of anilines is 1. The van der Waals surface area contributed by atoms with Crippen LogP contribution in [0.2, 0.25) is 0 Å². The van der Waals surface area contributed by atoms with E-state index in [4.69, 9.17) is 5.26 Å². The van der Waals surface area contributed by atoms with Gasteiger partial charge in [-0.15, -0.1) is 0 Å². The van der Waals surface area contributed by atoms with Crippen molar-refractivity contribution >= 4 is 5.82 Å². The fourth-order valence-electron chi connectivity index (χ4n) is 1.40. The molecule has 3 nitrogen and oxygen atoms in total. The summed E-state index contributed by atoms with van der Waals surface area (Å²) in [5, 5.41) is 11.8. The minimum atomic E-state index is -4.51. The molecule has 6 heteroatoms. The zero-order valence-electron chi connectivity index (χ0n) is 12.0. The van der Waals surface area contributed by atoms with Crippen LogP contribution in [-0.2, 0) is 6.18 Å². The van der Waals surface area contributed by atoms with Gasteiger partial charge in [-0.3, -0.25) is 0 Å². The van der Waals surface area contributed by atoms with Gasteiger partial charge in [-0.1, -0.05) is 27.7 Å². The maximum absolute atomic E-state index is 12.6. The van der Waals surface area contributed by atoms with E-state index in [-0.39, 0.29) is 22.7 Å². The molecule has 0 spiro atoms. The lowest BCUT2D eigenvalue weighted by molar-refractivity contribution is -0.141. The minimum absolute atomic E-state index is 0.0153. The molecule has 1 atom stereocenters. The second-order valence-electron chi connectivity index (χ2n) is 5.85. The van der Waals surface area contributed by atoms with Gasteiger partial charge in [0.15, 0.2) is 0 Å². The number of nitriles is 1. The number of rotatable bonds is 3. The van der Waals surface area contributed by atoms with Crippen molar-refractivity contribution in [2.75, 3.05) is 11.9 Å². The largest absolute Gasteiger partial charge is 0.433 e. The first-order valence-electron chi connectivity index (χ1n) is 6.28. The second-order valence-corrected chi connectivity index (χ2v) is 5.85. The molecule has 1 aromatic heterocycles. The molecule has 0 bridgehead atoms. The number of nitrogens with zero attached hydrogens (tertiary/aromatic N) is 2. The summed E-state index contributed by atoms with van der Waals surface area (Å²) in [4.78, 5) is 3.51. The molecule has 20 heavy (non-hydrogen) atoms. The quantitative estimate of drug-likeness (QED) is 0.910. The molecule has 1 aromatic rings. The van der Waals surface area contributed by atoms with E-state index in [1.807, 2.05) is 33.8 Å². The van der Waals surface area contributed by atoms with Crippen molar-refractivity contribution in [3.63, 3.8) is 0 Å². The molecule has 0 fully saturated rings. The van der Waals surface area contributed by atoms with Crippen molar-refractivity contribution in [1.29, 1.82) is 5.26 Å². The number of hydrogen-bond acceptors (Lipinski definition) is 3. The van der Waals surface area contributed by atoms with Crippen LogP contribution in [0.3, 0.4) is 0 Å². The number of hydrogen-bond donors (Lipinski definition) is 1. The fraction of sp³-hybridized carbons (Fsp3) is 0.571. The first kappa shape index (κ1) is 16.3. The van der Waals surface area contributed by atoms with E-state index < -0.39 is 11.9 Å². The Labute approximate surface area is 116 Å². The van der Waals surface area contributed by atoms with Crippen molar-refractivity contribution in [3.05, 3.63) is 23.4 Å². The van der Waals surface area contributed by atoms with E-state index in [1.54, 1.807) is 0 Å². The molecular weight excluding hydrogens is 267 g/mol. The molecule has 0 amide bonds. The highest BCUT2D eigenvalue weighted by Crippen LogP contribution is 2.30. The van der Waals surface area contributed by atoms with Crippen LogP contribution >= 0.6 is 0 Å². The lowest BCUT2D eigenvalue weighted by Crippen LogP contribution is -2.25. The highest BCUT2D eigenvalue weighted by atomic mass is 19.4. The lowest BCUT2D eigenvalue weighted by Gasteiger charge is -2.27. The van der Waals surface area contributed by atoms with E-state index >= 15 is 0 Å². The molecule has 1 unspecified atom stereocenters. The van der Waals surface area contributed by atoms with Crippen LogP contribution in [0.15, 0.2) is 12.1 Å². The topological polar surface area (TPSA) is 48.7 Å². The SMILES string of the molecule is CC(CNc1nc(C(F)(F)F)ccc1C#N)C(C)(C)C. The summed E-state index contributed by atoms with van der Waals surface area (Å²) in [5.41, 5.74) is -0.872. The van der Waals surface area contributed by atoms with Gasteiger partial charge in [-0.05, 0) is 23.5 Å². The first-order chi connectivity index (χ1) is 9.05. The van der Waals surface area contributed by atoms with Gasteiger partial charge in [0.1, 0.15) is 17.6 Å². The third-order valence-corrected chi connectivity index (χ3v) is 3.36. The van der Waals surface area contributed by atoms with Crippen LogP contribution in [0.25, 0.3) is 0 Å². The Morgan fingerprint density at radius 1 is 1.30 bits per heavy atom. The van der Waals surface area contributed by atoms with Crippen molar-refractivity contribution in [2.24, 2.45) is 11.3 Å².